The Balaban J connectivity index is 1.66. The van der Waals surface area contributed by atoms with Gasteiger partial charge in [-0.05, 0) is 43.7 Å². The van der Waals surface area contributed by atoms with Gasteiger partial charge >= 0.3 is 0 Å². The number of hydrogen-bond acceptors (Lipinski definition) is 6. The van der Waals surface area contributed by atoms with Crippen molar-refractivity contribution in [3.8, 4) is 11.4 Å². The zero-order chi connectivity index (χ0) is 19.3. The molecule has 5 rings (SSSR count). The molecule has 0 bridgehead atoms. The minimum Gasteiger partial charge on any atom is -0.186 e. The molecule has 0 unspecified atom stereocenters. The molecule has 138 valence electrons. The monoisotopic (exact) mass is 406 g/mol. The van der Waals surface area contributed by atoms with Gasteiger partial charge in [-0.1, -0.05) is 47.1 Å². The average Bonchev–Trinajstić information content (AvgIpc) is 3.12. The molecule has 1 aliphatic rings. The zero-order valence-electron chi connectivity index (χ0n) is 15.2. The fourth-order valence-electron chi connectivity index (χ4n) is 3.27. The summed E-state index contributed by atoms with van der Waals surface area (Å²) in [5.74, 6) is 1.28. The molecule has 3 heterocycles. The third-order valence-electron chi connectivity index (χ3n) is 4.73. The van der Waals surface area contributed by atoms with Crippen molar-refractivity contribution < 1.29 is 0 Å². The molecule has 0 radical (unpaired) electrons. The van der Waals surface area contributed by atoms with Crippen LogP contribution >= 0.6 is 23.4 Å². The molecule has 0 atom stereocenters. The largest absolute Gasteiger partial charge is 0.212 e. The van der Waals surface area contributed by atoms with Crippen molar-refractivity contribution in [3.63, 3.8) is 0 Å². The Morgan fingerprint density at radius 2 is 1.86 bits per heavy atom. The van der Waals surface area contributed by atoms with Gasteiger partial charge in [-0.15, -0.1) is 20.4 Å². The molecule has 0 N–H and O–H groups in total. The highest BCUT2D eigenvalue weighted by molar-refractivity contribution is 7.99. The summed E-state index contributed by atoms with van der Waals surface area (Å²) in [6.07, 6.45) is 0. The van der Waals surface area contributed by atoms with E-state index in [9.17, 15) is 0 Å². The van der Waals surface area contributed by atoms with E-state index in [2.05, 4.69) is 40.3 Å². The Hall–Kier alpha value is -2.77. The van der Waals surface area contributed by atoms with E-state index in [1.807, 2.05) is 36.4 Å². The number of halogens is 1. The standard InChI is InChI=1S/C20H15ClN6S/c1-11-7-8-16-14(9-11)12(2)18(23-22-16)17-10-28-20-25-24-19(27(20)26-17)13-5-3-4-6-15(13)21/h3-9H,10H2,1-2H3. The highest BCUT2D eigenvalue weighted by atomic mass is 35.5. The molecule has 6 nitrogen and oxygen atoms in total. The number of hydrogen-bond donors (Lipinski definition) is 0. The second kappa shape index (κ2) is 6.68. The fraction of sp³-hybridized carbons (Fsp3) is 0.150. The number of benzene rings is 2. The Bertz CT molecular complexity index is 1260. The van der Waals surface area contributed by atoms with Crippen LogP contribution < -0.4 is 0 Å². The number of thioether (sulfide) groups is 1. The van der Waals surface area contributed by atoms with E-state index >= 15 is 0 Å². The van der Waals surface area contributed by atoms with Gasteiger partial charge < -0.3 is 0 Å². The topological polar surface area (TPSA) is 68.8 Å². The van der Waals surface area contributed by atoms with Crippen LogP contribution in [0.5, 0.6) is 0 Å². The first-order valence-corrected chi connectivity index (χ1v) is 10.1. The molecule has 28 heavy (non-hydrogen) atoms. The minimum atomic E-state index is 0.613. The van der Waals surface area contributed by atoms with Gasteiger partial charge in [0.1, 0.15) is 5.69 Å². The molecule has 2 aromatic carbocycles. The van der Waals surface area contributed by atoms with Crippen LogP contribution in [-0.4, -0.2) is 36.5 Å². The normalized spacial score (nSPS) is 13.5. The summed E-state index contributed by atoms with van der Waals surface area (Å²) < 4.78 is 1.74. The summed E-state index contributed by atoms with van der Waals surface area (Å²) in [7, 11) is 0. The lowest BCUT2D eigenvalue weighted by Crippen LogP contribution is -2.17. The zero-order valence-corrected chi connectivity index (χ0v) is 16.8. The van der Waals surface area contributed by atoms with Gasteiger partial charge in [-0.2, -0.15) is 9.78 Å². The van der Waals surface area contributed by atoms with E-state index in [1.54, 1.807) is 16.4 Å². The number of aromatic nitrogens is 5. The third kappa shape index (κ3) is 2.78. The number of rotatable bonds is 2. The van der Waals surface area contributed by atoms with Gasteiger partial charge in [0.25, 0.3) is 0 Å². The van der Waals surface area contributed by atoms with Crippen molar-refractivity contribution in [2.75, 3.05) is 5.75 Å². The lowest BCUT2D eigenvalue weighted by atomic mass is 10.0. The highest BCUT2D eigenvalue weighted by Gasteiger charge is 2.24. The van der Waals surface area contributed by atoms with Crippen molar-refractivity contribution in [1.29, 1.82) is 0 Å². The molecule has 0 fully saturated rings. The maximum absolute atomic E-state index is 6.36. The van der Waals surface area contributed by atoms with Crippen LogP contribution in [0, 0.1) is 13.8 Å². The highest BCUT2D eigenvalue weighted by Crippen LogP contribution is 2.32. The third-order valence-corrected chi connectivity index (χ3v) is 5.99. The van der Waals surface area contributed by atoms with Crippen molar-refractivity contribution >= 4 is 40.0 Å². The van der Waals surface area contributed by atoms with E-state index in [0.717, 1.165) is 38.6 Å². The Labute approximate surface area is 170 Å². The smallest absolute Gasteiger partial charge is 0.186 e. The van der Waals surface area contributed by atoms with Crippen molar-refractivity contribution in [3.05, 3.63) is 64.3 Å². The maximum Gasteiger partial charge on any atom is 0.212 e. The van der Waals surface area contributed by atoms with Crippen LogP contribution in [0.15, 0.2) is 52.7 Å². The van der Waals surface area contributed by atoms with E-state index in [4.69, 9.17) is 16.7 Å². The first-order valence-electron chi connectivity index (χ1n) is 8.77. The van der Waals surface area contributed by atoms with E-state index in [0.29, 0.717) is 16.6 Å². The van der Waals surface area contributed by atoms with Gasteiger partial charge in [0.05, 0.1) is 16.3 Å². The molecule has 0 saturated heterocycles. The molecular weight excluding hydrogens is 392 g/mol. The lowest BCUT2D eigenvalue weighted by molar-refractivity contribution is 0.760. The molecule has 0 saturated carbocycles. The number of nitrogens with zero attached hydrogens (tertiary/aromatic N) is 6. The average molecular weight is 407 g/mol. The second-order valence-corrected chi connectivity index (χ2v) is 7.98. The van der Waals surface area contributed by atoms with Crippen LogP contribution in [0.2, 0.25) is 5.02 Å². The summed E-state index contributed by atoms with van der Waals surface area (Å²) in [5.41, 5.74) is 5.60. The first-order chi connectivity index (χ1) is 13.6. The number of fused-ring (bicyclic) bond motifs is 2. The van der Waals surface area contributed by atoms with E-state index < -0.39 is 0 Å². The first kappa shape index (κ1) is 17.3. The predicted molar refractivity (Wildman–Crippen MR) is 112 cm³/mol. The molecule has 0 spiro atoms. The molecular formula is C20H15ClN6S. The Kier molecular flexibility index (Phi) is 4.14. The maximum atomic E-state index is 6.36. The number of aryl methyl sites for hydroxylation is 2. The van der Waals surface area contributed by atoms with Crippen LogP contribution in [0.25, 0.3) is 22.3 Å². The molecule has 4 aromatic rings. The summed E-state index contributed by atoms with van der Waals surface area (Å²) in [6.45, 7) is 4.14. The fourth-order valence-corrected chi connectivity index (χ4v) is 4.30. The SMILES string of the molecule is Cc1ccc2nnc(C3=Nn4c(nnc4-c4ccccc4Cl)SC3)c(C)c2c1. The molecule has 2 aromatic heterocycles. The van der Waals surface area contributed by atoms with Crippen molar-refractivity contribution in [2.45, 2.75) is 19.0 Å². The van der Waals surface area contributed by atoms with Gasteiger partial charge in [-0.25, -0.2) is 0 Å². The van der Waals surface area contributed by atoms with Gasteiger partial charge in [0.2, 0.25) is 5.16 Å². The molecule has 8 heteroatoms. The van der Waals surface area contributed by atoms with Crippen molar-refractivity contribution in [2.24, 2.45) is 5.10 Å². The Morgan fingerprint density at radius 1 is 1.00 bits per heavy atom. The molecule has 0 aliphatic carbocycles. The van der Waals surface area contributed by atoms with Gasteiger partial charge in [-0.3, -0.25) is 0 Å². The van der Waals surface area contributed by atoms with Crippen LogP contribution in [0.4, 0.5) is 0 Å². The summed E-state index contributed by atoms with van der Waals surface area (Å²) in [6, 6.07) is 13.7. The van der Waals surface area contributed by atoms with E-state index in [-0.39, 0.29) is 0 Å². The summed E-state index contributed by atoms with van der Waals surface area (Å²) >= 11 is 7.94. The van der Waals surface area contributed by atoms with Gasteiger partial charge in [0.15, 0.2) is 5.82 Å². The summed E-state index contributed by atoms with van der Waals surface area (Å²) in [4.78, 5) is 0. The van der Waals surface area contributed by atoms with Crippen LogP contribution in [-0.2, 0) is 0 Å². The van der Waals surface area contributed by atoms with Crippen molar-refractivity contribution in [1.82, 2.24) is 25.1 Å². The minimum absolute atomic E-state index is 0.613. The quantitative estimate of drug-likeness (QED) is 0.489. The van der Waals surface area contributed by atoms with Gasteiger partial charge in [0, 0.05) is 16.7 Å². The summed E-state index contributed by atoms with van der Waals surface area (Å²) in [5, 5.41) is 24.7. The lowest BCUT2D eigenvalue weighted by Gasteiger charge is -2.15. The second-order valence-electron chi connectivity index (χ2n) is 6.63. The molecule has 1 aliphatic heterocycles. The van der Waals surface area contributed by atoms with E-state index in [1.165, 1.54) is 5.56 Å². The van der Waals surface area contributed by atoms with Crippen LogP contribution in [0.3, 0.4) is 0 Å². The molecule has 0 amide bonds. The predicted octanol–water partition coefficient (Wildman–Crippen LogP) is 4.52. The Morgan fingerprint density at radius 3 is 2.71 bits per heavy atom. The van der Waals surface area contributed by atoms with Crippen LogP contribution in [0.1, 0.15) is 16.8 Å².